The van der Waals surface area contributed by atoms with Gasteiger partial charge in [-0.25, -0.2) is 5.01 Å². The second-order valence-electron chi connectivity index (χ2n) is 4.84. The highest BCUT2D eigenvalue weighted by Crippen LogP contribution is 2.20. The molecule has 0 N–H and O–H groups in total. The van der Waals surface area contributed by atoms with Crippen LogP contribution in [0.4, 0.5) is 5.69 Å². The zero-order valence-corrected chi connectivity index (χ0v) is 12.6. The van der Waals surface area contributed by atoms with Gasteiger partial charge in [-0.15, -0.1) is 0 Å². The summed E-state index contributed by atoms with van der Waals surface area (Å²) < 4.78 is 0. The molecule has 4 heteroatoms. The van der Waals surface area contributed by atoms with E-state index in [0.717, 1.165) is 24.4 Å². The molecule has 1 aliphatic heterocycles. The molecule has 2 rings (SSSR count). The molecule has 1 amide bonds. The summed E-state index contributed by atoms with van der Waals surface area (Å²) in [5, 5.41) is 5.52. The van der Waals surface area contributed by atoms with Gasteiger partial charge in [-0.2, -0.15) is 5.10 Å². The largest absolute Gasteiger partial charge is 0.372 e. The minimum atomic E-state index is -0.0460. The van der Waals surface area contributed by atoms with Gasteiger partial charge in [0.05, 0.1) is 11.3 Å². The number of amides is 1. The Balaban J connectivity index is 2.23. The molecule has 0 radical (unpaired) electrons. The smallest absolute Gasteiger partial charge is 0.275 e. The fourth-order valence-electron chi connectivity index (χ4n) is 2.36. The van der Waals surface area contributed by atoms with E-state index in [9.17, 15) is 4.79 Å². The van der Waals surface area contributed by atoms with Crippen molar-refractivity contribution in [2.75, 3.05) is 25.0 Å². The molecule has 1 heterocycles. The second-order valence-corrected chi connectivity index (χ2v) is 4.84. The Morgan fingerprint density at radius 1 is 1.20 bits per heavy atom. The maximum Gasteiger partial charge on any atom is 0.275 e. The van der Waals surface area contributed by atoms with Crippen molar-refractivity contribution < 1.29 is 4.79 Å². The van der Waals surface area contributed by atoms with E-state index in [1.54, 1.807) is 7.05 Å². The van der Waals surface area contributed by atoms with Gasteiger partial charge in [0.25, 0.3) is 5.91 Å². The molecule has 0 bridgehead atoms. The summed E-state index contributed by atoms with van der Waals surface area (Å²) in [6.45, 7) is 8.13. The first-order chi connectivity index (χ1) is 9.56. The zero-order valence-electron chi connectivity index (χ0n) is 12.6. The van der Waals surface area contributed by atoms with E-state index in [2.05, 4.69) is 36.0 Å². The average molecular weight is 271 g/mol. The predicted molar refractivity (Wildman–Crippen MR) is 83.9 cm³/mol. The number of rotatable bonds is 4. The van der Waals surface area contributed by atoms with Crippen LogP contribution in [0.3, 0.4) is 0 Å². The highest BCUT2D eigenvalue weighted by atomic mass is 16.2. The average Bonchev–Trinajstić information content (AvgIpc) is 2.68. The van der Waals surface area contributed by atoms with Gasteiger partial charge in [-0.05, 0) is 44.5 Å². The molecule has 0 saturated carbocycles. The number of carbonyl (C=O) groups is 1. The van der Waals surface area contributed by atoms with Crippen LogP contribution in [0.2, 0.25) is 0 Å². The van der Waals surface area contributed by atoms with Gasteiger partial charge in [0.2, 0.25) is 0 Å². The molecule has 0 aliphatic carbocycles. The van der Waals surface area contributed by atoms with Crippen molar-refractivity contribution >= 4 is 23.4 Å². The minimum absolute atomic E-state index is 0.0460. The summed E-state index contributed by atoms with van der Waals surface area (Å²) in [7, 11) is 1.68. The molecule has 106 valence electrons. The van der Waals surface area contributed by atoms with E-state index in [-0.39, 0.29) is 5.91 Å². The van der Waals surface area contributed by atoms with E-state index < -0.39 is 0 Å². The van der Waals surface area contributed by atoms with Crippen molar-refractivity contribution in [2.45, 2.75) is 20.8 Å². The molecule has 0 aromatic heterocycles. The first kappa shape index (κ1) is 14.3. The van der Waals surface area contributed by atoms with Crippen molar-refractivity contribution in [3.8, 4) is 0 Å². The van der Waals surface area contributed by atoms with Gasteiger partial charge >= 0.3 is 0 Å². The first-order valence-electron chi connectivity index (χ1n) is 6.97. The molecule has 0 saturated heterocycles. The lowest BCUT2D eigenvalue weighted by Gasteiger charge is -2.20. The standard InChI is InChI=1S/C16H21N3O/c1-5-19(6-2)14-9-7-13(8-10-14)11-15-12(3)17-18(4)16(15)20/h7-11H,5-6H2,1-4H3. The number of hydrazone groups is 1. The highest BCUT2D eigenvalue weighted by Gasteiger charge is 2.23. The van der Waals surface area contributed by atoms with Gasteiger partial charge in [-0.3, -0.25) is 4.79 Å². The van der Waals surface area contributed by atoms with Crippen LogP contribution >= 0.6 is 0 Å². The van der Waals surface area contributed by atoms with Gasteiger partial charge in [0.1, 0.15) is 0 Å². The predicted octanol–water partition coefficient (Wildman–Crippen LogP) is 2.76. The minimum Gasteiger partial charge on any atom is -0.372 e. The molecule has 0 fully saturated rings. The van der Waals surface area contributed by atoms with Crippen LogP contribution in [-0.2, 0) is 4.79 Å². The third-order valence-corrected chi connectivity index (χ3v) is 3.55. The maximum atomic E-state index is 11.9. The quantitative estimate of drug-likeness (QED) is 0.789. The Hall–Kier alpha value is -2.10. The van der Waals surface area contributed by atoms with E-state index in [4.69, 9.17) is 0 Å². The van der Waals surface area contributed by atoms with Gasteiger partial charge in [0, 0.05) is 25.8 Å². The Bertz CT molecular complexity index is 554. The second kappa shape index (κ2) is 5.90. The number of anilines is 1. The number of hydrogen-bond donors (Lipinski definition) is 0. The molecule has 1 aromatic carbocycles. The topological polar surface area (TPSA) is 35.9 Å². The van der Waals surface area contributed by atoms with Crippen LogP contribution in [0, 0.1) is 0 Å². The van der Waals surface area contributed by atoms with Crippen LogP contribution in [0.1, 0.15) is 26.3 Å². The maximum absolute atomic E-state index is 11.9. The fourth-order valence-corrected chi connectivity index (χ4v) is 2.36. The molecular weight excluding hydrogens is 250 g/mol. The van der Waals surface area contributed by atoms with Crippen molar-refractivity contribution in [1.29, 1.82) is 0 Å². The molecule has 1 aliphatic rings. The van der Waals surface area contributed by atoms with E-state index >= 15 is 0 Å². The zero-order chi connectivity index (χ0) is 14.7. The summed E-state index contributed by atoms with van der Waals surface area (Å²) in [6, 6.07) is 8.27. The summed E-state index contributed by atoms with van der Waals surface area (Å²) in [4.78, 5) is 14.2. The Morgan fingerprint density at radius 2 is 1.80 bits per heavy atom. The number of likely N-dealkylation sites (N-methyl/N-ethyl adjacent to an activating group) is 1. The van der Waals surface area contributed by atoms with Gasteiger partial charge < -0.3 is 4.90 Å². The number of carbonyl (C=O) groups excluding carboxylic acids is 1. The van der Waals surface area contributed by atoms with Crippen LogP contribution in [0.5, 0.6) is 0 Å². The molecular formula is C16H21N3O. The Kier molecular flexibility index (Phi) is 4.23. The van der Waals surface area contributed by atoms with Gasteiger partial charge in [0.15, 0.2) is 0 Å². The monoisotopic (exact) mass is 271 g/mol. The van der Waals surface area contributed by atoms with Gasteiger partial charge in [-0.1, -0.05) is 12.1 Å². The number of benzene rings is 1. The Morgan fingerprint density at radius 3 is 2.25 bits per heavy atom. The van der Waals surface area contributed by atoms with Crippen molar-refractivity contribution in [3.05, 3.63) is 35.4 Å². The summed E-state index contributed by atoms with van der Waals surface area (Å²) >= 11 is 0. The summed E-state index contributed by atoms with van der Waals surface area (Å²) in [6.07, 6.45) is 1.90. The van der Waals surface area contributed by atoms with Crippen LogP contribution in [0.25, 0.3) is 6.08 Å². The first-order valence-corrected chi connectivity index (χ1v) is 6.97. The van der Waals surface area contributed by atoms with E-state index in [1.807, 2.05) is 25.1 Å². The van der Waals surface area contributed by atoms with Crippen molar-refractivity contribution in [3.63, 3.8) is 0 Å². The molecule has 0 unspecified atom stereocenters. The van der Waals surface area contributed by atoms with Crippen LogP contribution < -0.4 is 4.90 Å². The summed E-state index contributed by atoms with van der Waals surface area (Å²) in [5.74, 6) is -0.0460. The third kappa shape index (κ3) is 2.74. The molecule has 1 aromatic rings. The van der Waals surface area contributed by atoms with Crippen LogP contribution in [0.15, 0.2) is 34.9 Å². The lowest BCUT2D eigenvalue weighted by atomic mass is 10.1. The lowest BCUT2D eigenvalue weighted by molar-refractivity contribution is -0.124. The SMILES string of the molecule is CCN(CC)c1ccc(C=C2C(=O)N(C)N=C2C)cc1. The van der Waals surface area contributed by atoms with Crippen molar-refractivity contribution in [2.24, 2.45) is 5.10 Å². The molecule has 0 atom stereocenters. The lowest BCUT2D eigenvalue weighted by Crippen LogP contribution is -2.21. The van der Waals surface area contributed by atoms with Crippen LogP contribution in [-0.4, -0.2) is 36.8 Å². The number of nitrogens with zero attached hydrogens (tertiary/aromatic N) is 3. The molecule has 20 heavy (non-hydrogen) atoms. The normalized spacial score (nSPS) is 16.8. The summed E-state index contributed by atoms with van der Waals surface area (Å²) in [5.41, 5.74) is 3.67. The van der Waals surface area contributed by atoms with E-state index in [1.165, 1.54) is 10.7 Å². The third-order valence-electron chi connectivity index (χ3n) is 3.55. The number of hydrogen-bond acceptors (Lipinski definition) is 3. The Labute approximate surface area is 120 Å². The van der Waals surface area contributed by atoms with Crippen molar-refractivity contribution in [1.82, 2.24) is 5.01 Å². The molecule has 0 spiro atoms. The molecule has 4 nitrogen and oxygen atoms in total. The van der Waals surface area contributed by atoms with E-state index in [0.29, 0.717) is 5.57 Å². The highest BCUT2D eigenvalue weighted by molar-refractivity contribution is 6.26. The fraction of sp³-hybridized carbons (Fsp3) is 0.375.